The summed E-state index contributed by atoms with van der Waals surface area (Å²) >= 11 is 1.29. The van der Waals surface area contributed by atoms with E-state index in [-0.39, 0.29) is 11.8 Å². The van der Waals surface area contributed by atoms with Crippen LogP contribution in [0.3, 0.4) is 0 Å². The summed E-state index contributed by atoms with van der Waals surface area (Å²) in [6.45, 7) is 0.615. The van der Waals surface area contributed by atoms with Crippen molar-refractivity contribution in [3.63, 3.8) is 0 Å². The lowest BCUT2D eigenvalue weighted by molar-refractivity contribution is -0.145. The van der Waals surface area contributed by atoms with Crippen LogP contribution in [0.1, 0.15) is 31.2 Å². The van der Waals surface area contributed by atoms with Crippen molar-refractivity contribution >= 4 is 28.3 Å². The second-order valence-electron chi connectivity index (χ2n) is 6.14. The fourth-order valence-electron chi connectivity index (χ4n) is 3.13. The van der Waals surface area contributed by atoms with Crippen LogP contribution in [0, 0.1) is 0 Å². The van der Waals surface area contributed by atoms with Crippen LogP contribution < -0.4 is 5.32 Å². The number of rotatable bonds is 4. The van der Waals surface area contributed by atoms with Gasteiger partial charge in [-0.3, -0.25) is 14.9 Å². The van der Waals surface area contributed by atoms with Gasteiger partial charge in [0, 0.05) is 24.2 Å². The maximum atomic E-state index is 12.5. The number of likely N-dealkylation sites (tertiary alicyclic amines) is 1. The lowest BCUT2D eigenvalue weighted by Gasteiger charge is -2.35. The highest BCUT2D eigenvalue weighted by atomic mass is 32.1. The molecule has 1 fully saturated rings. The van der Waals surface area contributed by atoms with Gasteiger partial charge in [0.05, 0.1) is 0 Å². The number of carbonyl (C=O) groups excluding carboxylic acids is 2. The number of piperidine rings is 1. The zero-order chi connectivity index (χ0) is 17.6. The van der Waals surface area contributed by atoms with Gasteiger partial charge in [0.25, 0.3) is 0 Å². The van der Waals surface area contributed by atoms with Gasteiger partial charge in [0.2, 0.25) is 0 Å². The Hall–Kier alpha value is -2.41. The number of thiazole rings is 1. The number of nitrogens with one attached hydrogen (secondary N) is 1. The summed E-state index contributed by atoms with van der Waals surface area (Å²) in [6.07, 6.45) is 6.11. The lowest BCUT2D eigenvalue weighted by Crippen LogP contribution is -2.48. The Morgan fingerprint density at radius 1 is 1.28 bits per heavy atom. The van der Waals surface area contributed by atoms with Crippen LogP contribution in [0.2, 0.25) is 0 Å². The second kappa shape index (κ2) is 8.11. The number of phenols is 1. The first-order valence-corrected chi connectivity index (χ1v) is 9.31. The summed E-state index contributed by atoms with van der Waals surface area (Å²) in [7, 11) is 0. The number of nitrogens with zero attached hydrogens (tertiary/aromatic N) is 2. The van der Waals surface area contributed by atoms with E-state index in [0.29, 0.717) is 11.7 Å². The van der Waals surface area contributed by atoms with Crippen molar-refractivity contribution in [1.82, 2.24) is 9.88 Å². The van der Waals surface area contributed by atoms with Gasteiger partial charge in [-0.2, -0.15) is 0 Å². The monoisotopic (exact) mass is 359 g/mol. The van der Waals surface area contributed by atoms with E-state index in [9.17, 15) is 14.7 Å². The SMILES string of the molecule is O=C(Nc1nccs1)C(=O)N1CCCCC1CCc1ccc(O)cc1. The van der Waals surface area contributed by atoms with Gasteiger partial charge < -0.3 is 10.0 Å². The molecular weight excluding hydrogens is 338 g/mol. The first-order chi connectivity index (χ1) is 12.1. The van der Waals surface area contributed by atoms with Gasteiger partial charge >= 0.3 is 11.8 Å². The van der Waals surface area contributed by atoms with Crippen molar-refractivity contribution < 1.29 is 14.7 Å². The van der Waals surface area contributed by atoms with Gasteiger partial charge in [0.15, 0.2) is 5.13 Å². The smallest absolute Gasteiger partial charge is 0.315 e. The molecule has 1 aliphatic heterocycles. The summed E-state index contributed by atoms with van der Waals surface area (Å²) in [4.78, 5) is 30.4. The number of amides is 2. The first-order valence-electron chi connectivity index (χ1n) is 8.43. The molecule has 0 bridgehead atoms. The molecule has 1 aromatic heterocycles. The Bertz CT molecular complexity index is 716. The topological polar surface area (TPSA) is 82.5 Å². The minimum Gasteiger partial charge on any atom is -0.508 e. The zero-order valence-corrected chi connectivity index (χ0v) is 14.7. The number of hydrogen-bond acceptors (Lipinski definition) is 5. The normalized spacial score (nSPS) is 17.3. The molecule has 1 aliphatic rings. The zero-order valence-electron chi connectivity index (χ0n) is 13.9. The number of aromatic nitrogens is 1. The van der Waals surface area contributed by atoms with Crippen molar-refractivity contribution in [2.75, 3.05) is 11.9 Å². The van der Waals surface area contributed by atoms with Crippen LogP contribution >= 0.6 is 11.3 Å². The third-order valence-corrected chi connectivity index (χ3v) is 5.13. The molecule has 1 atom stereocenters. The molecule has 2 amide bonds. The lowest BCUT2D eigenvalue weighted by atomic mass is 9.95. The molecule has 2 N–H and O–H groups in total. The molecule has 25 heavy (non-hydrogen) atoms. The van der Waals surface area contributed by atoms with E-state index in [1.807, 2.05) is 12.1 Å². The summed E-state index contributed by atoms with van der Waals surface area (Å²) in [6, 6.07) is 7.18. The number of aromatic hydroxyl groups is 1. The average Bonchev–Trinajstić information content (AvgIpc) is 3.14. The van der Waals surface area contributed by atoms with Crippen molar-refractivity contribution in [3.05, 3.63) is 41.4 Å². The van der Waals surface area contributed by atoms with E-state index in [2.05, 4.69) is 10.3 Å². The minimum atomic E-state index is -0.619. The molecule has 0 spiro atoms. The van der Waals surface area contributed by atoms with Gasteiger partial charge in [-0.25, -0.2) is 4.98 Å². The Labute approximate surface area is 150 Å². The average molecular weight is 359 g/mol. The van der Waals surface area contributed by atoms with E-state index in [4.69, 9.17) is 0 Å². The number of aryl methyl sites for hydroxylation is 1. The molecule has 1 unspecified atom stereocenters. The molecule has 3 rings (SSSR count). The number of phenolic OH excluding ortho intramolecular Hbond substituents is 1. The highest BCUT2D eigenvalue weighted by Gasteiger charge is 2.30. The van der Waals surface area contributed by atoms with Gasteiger partial charge in [-0.1, -0.05) is 12.1 Å². The van der Waals surface area contributed by atoms with E-state index >= 15 is 0 Å². The highest BCUT2D eigenvalue weighted by molar-refractivity contribution is 7.13. The predicted molar refractivity (Wildman–Crippen MR) is 96.5 cm³/mol. The number of carbonyl (C=O) groups is 2. The number of benzene rings is 1. The standard InChI is InChI=1S/C18H21N3O3S/c22-15-8-5-13(6-9-15)4-7-14-3-1-2-11-21(14)17(24)16(23)20-18-19-10-12-25-18/h5-6,8-10,12,14,22H,1-4,7,11H2,(H,19,20,23). The Kier molecular flexibility index (Phi) is 5.65. The molecule has 0 saturated carbocycles. The predicted octanol–water partition coefficient (Wildman–Crippen LogP) is 2.80. The van der Waals surface area contributed by atoms with Crippen LogP contribution in [0.25, 0.3) is 0 Å². The molecule has 2 heterocycles. The molecule has 0 radical (unpaired) electrons. The maximum absolute atomic E-state index is 12.5. The number of anilines is 1. The number of hydrogen-bond donors (Lipinski definition) is 2. The summed E-state index contributed by atoms with van der Waals surface area (Å²) < 4.78 is 0. The molecular formula is C18H21N3O3S. The van der Waals surface area contributed by atoms with E-state index in [1.54, 1.807) is 28.6 Å². The quantitative estimate of drug-likeness (QED) is 0.823. The Balaban J connectivity index is 1.60. The first kappa shape index (κ1) is 17.4. The van der Waals surface area contributed by atoms with Crippen LogP contribution in [0.15, 0.2) is 35.8 Å². The highest BCUT2D eigenvalue weighted by Crippen LogP contribution is 2.23. The van der Waals surface area contributed by atoms with Crippen molar-refractivity contribution in [2.24, 2.45) is 0 Å². The summed E-state index contributed by atoms with van der Waals surface area (Å²) in [5.41, 5.74) is 1.11. The van der Waals surface area contributed by atoms with Gasteiger partial charge in [0.1, 0.15) is 5.75 Å². The van der Waals surface area contributed by atoms with Crippen molar-refractivity contribution in [1.29, 1.82) is 0 Å². The van der Waals surface area contributed by atoms with Gasteiger partial charge in [-0.15, -0.1) is 11.3 Å². The maximum Gasteiger partial charge on any atom is 0.315 e. The minimum absolute atomic E-state index is 0.0668. The van der Waals surface area contributed by atoms with Crippen LogP contribution in [0.4, 0.5) is 5.13 Å². The molecule has 0 aliphatic carbocycles. The van der Waals surface area contributed by atoms with Crippen LogP contribution in [-0.2, 0) is 16.0 Å². The van der Waals surface area contributed by atoms with Crippen molar-refractivity contribution in [2.45, 2.75) is 38.1 Å². The summed E-state index contributed by atoms with van der Waals surface area (Å²) in [5.74, 6) is -0.853. The third-order valence-electron chi connectivity index (χ3n) is 4.44. The summed E-state index contributed by atoms with van der Waals surface area (Å²) in [5, 5.41) is 14.1. The van der Waals surface area contributed by atoms with E-state index in [0.717, 1.165) is 37.7 Å². The van der Waals surface area contributed by atoms with Crippen LogP contribution in [0.5, 0.6) is 5.75 Å². The largest absolute Gasteiger partial charge is 0.508 e. The fraction of sp³-hybridized carbons (Fsp3) is 0.389. The van der Waals surface area contributed by atoms with E-state index < -0.39 is 11.8 Å². The molecule has 1 aromatic carbocycles. The van der Waals surface area contributed by atoms with Crippen LogP contribution in [-0.4, -0.2) is 39.4 Å². The van der Waals surface area contributed by atoms with Crippen molar-refractivity contribution in [3.8, 4) is 5.75 Å². The molecule has 132 valence electrons. The molecule has 1 saturated heterocycles. The Morgan fingerprint density at radius 2 is 2.08 bits per heavy atom. The second-order valence-corrected chi connectivity index (χ2v) is 7.04. The molecule has 7 heteroatoms. The fourth-order valence-corrected chi connectivity index (χ4v) is 3.65. The van der Waals surface area contributed by atoms with E-state index in [1.165, 1.54) is 11.3 Å². The third kappa shape index (κ3) is 4.57. The van der Waals surface area contributed by atoms with Gasteiger partial charge in [-0.05, 0) is 49.8 Å². The molecule has 6 nitrogen and oxygen atoms in total. The Morgan fingerprint density at radius 3 is 2.80 bits per heavy atom. The molecule has 2 aromatic rings.